The number of carbonyl (C=O) groups excluding carboxylic acids is 1. The molecule has 16 heteroatoms. The third-order valence-corrected chi connectivity index (χ3v) is 7.75. The van der Waals surface area contributed by atoms with Gasteiger partial charge in [-0.05, 0) is 62.4 Å². The van der Waals surface area contributed by atoms with Crippen LogP contribution in [0.3, 0.4) is 0 Å². The highest BCUT2D eigenvalue weighted by Crippen LogP contribution is 2.28. The van der Waals surface area contributed by atoms with Crippen molar-refractivity contribution in [2.75, 3.05) is 5.01 Å². The predicted molar refractivity (Wildman–Crippen MR) is 153 cm³/mol. The van der Waals surface area contributed by atoms with E-state index in [2.05, 4.69) is 10.2 Å². The van der Waals surface area contributed by atoms with Gasteiger partial charge in [-0.15, -0.1) is 0 Å². The summed E-state index contributed by atoms with van der Waals surface area (Å²) in [6, 6.07) is 5.13. The molecule has 1 aliphatic heterocycles. The number of hydrogen-bond acceptors (Lipinski definition) is 7. The average molecular weight is 631 g/mol. The molecule has 3 aromatic rings. The van der Waals surface area contributed by atoms with Crippen molar-refractivity contribution in [2.45, 2.75) is 23.6 Å². The molecule has 0 saturated carbocycles. The number of nitrogens with zero attached hydrogens (tertiary/aromatic N) is 3. The second-order valence-corrected chi connectivity index (χ2v) is 11.8. The molecule has 3 N–H and O–H groups in total. The molecule has 0 fully saturated rings. The van der Waals surface area contributed by atoms with Crippen LogP contribution in [0.25, 0.3) is 11.8 Å². The molecular formula is C27H22F2N4O8S2. The first kappa shape index (κ1) is 31.2. The number of aromatic nitrogens is 2. The fraction of sp³-hybridized carbons (Fsp3) is 0.0741. The predicted octanol–water partition coefficient (Wildman–Crippen LogP) is 3.72. The topological polar surface area (TPSA) is 179 Å². The van der Waals surface area contributed by atoms with Gasteiger partial charge in [-0.3, -0.25) is 23.8 Å². The van der Waals surface area contributed by atoms with E-state index < -0.39 is 53.1 Å². The lowest BCUT2D eigenvalue weighted by atomic mass is 10.1. The molecule has 4 rings (SSSR count). The van der Waals surface area contributed by atoms with Crippen molar-refractivity contribution in [3.8, 4) is 5.69 Å². The van der Waals surface area contributed by atoms with Gasteiger partial charge in [0.15, 0.2) is 0 Å². The Labute approximate surface area is 243 Å². The second kappa shape index (κ2) is 11.8. The van der Waals surface area contributed by atoms with Crippen LogP contribution in [-0.4, -0.2) is 47.3 Å². The molecular weight excluding hydrogens is 608 g/mol. The zero-order valence-electron chi connectivity index (χ0n) is 22.3. The van der Waals surface area contributed by atoms with Crippen LogP contribution in [0, 0.1) is 18.6 Å². The molecule has 2 heterocycles. The summed E-state index contributed by atoms with van der Waals surface area (Å²) in [5, 5.41) is 7.50. The Morgan fingerprint density at radius 2 is 1.35 bits per heavy atom. The van der Waals surface area contributed by atoms with Gasteiger partial charge in [-0.25, -0.2) is 13.5 Å². The van der Waals surface area contributed by atoms with Gasteiger partial charge in [0.2, 0.25) is 0 Å². The van der Waals surface area contributed by atoms with Crippen LogP contribution in [-0.2, 0) is 25.0 Å². The highest BCUT2D eigenvalue weighted by Gasteiger charge is 2.30. The average Bonchev–Trinajstić information content (AvgIpc) is 3.35. The highest BCUT2D eigenvalue weighted by atomic mass is 32.2. The van der Waals surface area contributed by atoms with Crippen molar-refractivity contribution >= 4 is 43.6 Å². The Morgan fingerprint density at radius 1 is 0.814 bits per heavy atom. The zero-order valence-corrected chi connectivity index (χ0v) is 23.9. The van der Waals surface area contributed by atoms with Crippen molar-refractivity contribution in [3.05, 3.63) is 112 Å². The zero-order chi connectivity index (χ0) is 31.7. The smallest absolute Gasteiger partial charge is 0.294 e. The van der Waals surface area contributed by atoms with Gasteiger partial charge in [-0.1, -0.05) is 30.4 Å². The van der Waals surface area contributed by atoms with Gasteiger partial charge in [0.1, 0.15) is 23.0 Å². The van der Waals surface area contributed by atoms with Crippen molar-refractivity contribution < 1.29 is 39.5 Å². The second-order valence-electron chi connectivity index (χ2n) is 8.98. The fourth-order valence-electron chi connectivity index (χ4n) is 3.94. The molecule has 0 atom stereocenters. The third-order valence-electron chi connectivity index (χ3n) is 6.05. The van der Waals surface area contributed by atoms with Gasteiger partial charge >= 0.3 is 0 Å². The van der Waals surface area contributed by atoms with Crippen LogP contribution in [0.4, 0.5) is 14.5 Å². The first-order chi connectivity index (χ1) is 20.1. The molecule has 1 aromatic heterocycles. The quantitative estimate of drug-likeness (QED) is 0.191. The van der Waals surface area contributed by atoms with E-state index in [0.29, 0.717) is 17.8 Å². The van der Waals surface area contributed by atoms with Gasteiger partial charge in [0.25, 0.3) is 31.7 Å². The van der Waals surface area contributed by atoms with Crippen molar-refractivity contribution in [1.82, 2.24) is 9.78 Å². The minimum atomic E-state index is -4.63. The number of allylic oxidation sites excluding steroid dienone is 6. The maximum Gasteiger partial charge on any atom is 0.294 e. The van der Waals surface area contributed by atoms with E-state index in [1.165, 1.54) is 31.2 Å². The Balaban J connectivity index is 1.45. The summed E-state index contributed by atoms with van der Waals surface area (Å²) in [6.07, 6.45) is 10.7. The lowest BCUT2D eigenvalue weighted by Crippen LogP contribution is -2.22. The molecule has 2 aromatic carbocycles. The van der Waals surface area contributed by atoms with Crippen LogP contribution >= 0.6 is 0 Å². The molecule has 0 saturated heterocycles. The highest BCUT2D eigenvalue weighted by molar-refractivity contribution is 7.86. The van der Waals surface area contributed by atoms with E-state index in [9.17, 15) is 35.2 Å². The molecule has 1 aliphatic rings. The summed E-state index contributed by atoms with van der Waals surface area (Å²) < 4.78 is 92.8. The molecule has 0 radical (unpaired) electrons. The first-order valence-corrected chi connectivity index (χ1v) is 15.0. The number of hydrazone groups is 1. The standard InChI is InChI=1S/C27H22F2N4O8S2/c1-16-20(26(34)32(30-16)24-12-10-18(14-22(24)28)42(36,37)38)8-6-4-3-5-7-9-21-17(2)31-33(27(21)35)25-13-11-19(15-23(25)29)43(39,40)41/h3-15,30H,1-2H3,(H,36,37,38)(H,39,40,41)/b4-3+,7-5+,8-6+,21-9-/i28-1,29-1. The van der Waals surface area contributed by atoms with E-state index in [1.54, 1.807) is 25.2 Å². The molecule has 0 bridgehead atoms. The van der Waals surface area contributed by atoms with Crippen LogP contribution in [0.2, 0.25) is 0 Å². The monoisotopic (exact) mass is 630 g/mol. The summed E-state index contributed by atoms with van der Waals surface area (Å²) in [7, 11) is -9.24. The molecule has 1 amide bonds. The normalized spacial score (nSPS) is 15.6. The van der Waals surface area contributed by atoms with Crippen molar-refractivity contribution in [2.24, 2.45) is 5.10 Å². The van der Waals surface area contributed by atoms with E-state index in [4.69, 9.17) is 9.11 Å². The Kier molecular flexibility index (Phi) is 8.59. The molecule has 0 spiro atoms. The minimum absolute atomic E-state index is 0.152. The fourth-order valence-corrected chi connectivity index (χ4v) is 4.93. The number of amides is 1. The third kappa shape index (κ3) is 6.67. The van der Waals surface area contributed by atoms with E-state index >= 15 is 0 Å². The lowest BCUT2D eigenvalue weighted by molar-refractivity contribution is -0.114. The Bertz CT molecular complexity index is 2070. The number of nitrogens with one attached hydrogen (secondary N) is 1. The number of aromatic amines is 1. The summed E-state index contributed by atoms with van der Waals surface area (Å²) in [5.74, 6) is -2.78. The maximum absolute atomic E-state index is 14.5. The van der Waals surface area contributed by atoms with Gasteiger partial charge < -0.3 is 0 Å². The lowest BCUT2D eigenvalue weighted by Gasteiger charge is -2.13. The van der Waals surface area contributed by atoms with Crippen LogP contribution < -0.4 is 10.6 Å². The number of H-pyrrole nitrogens is 1. The minimum Gasteiger partial charge on any atom is -0.295 e. The first-order valence-electron chi connectivity index (χ1n) is 12.1. The number of benzene rings is 2. The van der Waals surface area contributed by atoms with Crippen LogP contribution in [0.1, 0.15) is 18.2 Å². The van der Waals surface area contributed by atoms with Crippen LogP contribution in [0.5, 0.6) is 0 Å². The van der Waals surface area contributed by atoms with Crippen molar-refractivity contribution in [1.29, 1.82) is 0 Å². The van der Waals surface area contributed by atoms with Gasteiger partial charge in [0, 0.05) is 5.69 Å². The summed E-state index contributed by atoms with van der Waals surface area (Å²) >= 11 is 0. The number of hydrogen-bond donors (Lipinski definition) is 3. The summed E-state index contributed by atoms with van der Waals surface area (Å²) in [5.41, 5.74) is -0.122. The SMILES string of the molecule is CC1=NN(c2ccc(S(=O)(=O)O)cc2[18F])C(=O)\C1=C/C=C/C=C/C=C/c1c(C)[nH]n(-c2ccc(S(=O)(=O)O)cc2[18F])c1=O. The maximum atomic E-state index is 14.5. The number of halogens is 2. The molecule has 12 nitrogen and oxygen atoms in total. The van der Waals surface area contributed by atoms with Crippen molar-refractivity contribution in [3.63, 3.8) is 0 Å². The number of aryl methyl sites for hydroxylation is 1. The summed E-state index contributed by atoms with van der Waals surface area (Å²) in [4.78, 5) is 24.3. The van der Waals surface area contributed by atoms with Gasteiger partial charge in [-0.2, -0.15) is 26.9 Å². The van der Waals surface area contributed by atoms with E-state index in [-0.39, 0.29) is 28.2 Å². The molecule has 43 heavy (non-hydrogen) atoms. The van der Waals surface area contributed by atoms with Crippen LogP contribution in [0.15, 0.2) is 98.1 Å². The largest absolute Gasteiger partial charge is 0.295 e. The molecule has 224 valence electrons. The molecule has 0 unspecified atom stereocenters. The molecule has 0 aliphatic carbocycles. The summed E-state index contributed by atoms with van der Waals surface area (Å²) in [6.45, 7) is 3.11. The van der Waals surface area contributed by atoms with Gasteiger partial charge in [0.05, 0.1) is 26.6 Å². The van der Waals surface area contributed by atoms with E-state index in [0.717, 1.165) is 34.0 Å². The van der Waals surface area contributed by atoms with E-state index in [1.807, 2.05) is 0 Å². The number of anilines is 1. The Morgan fingerprint density at radius 3 is 1.91 bits per heavy atom. The Hall–Kier alpha value is -4.77. The number of rotatable bonds is 8. The number of carbonyl (C=O) groups is 1.